The molecule has 1 aromatic heterocycles. The summed E-state index contributed by atoms with van der Waals surface area (Å²) in [6.07, 6.45) is 0.0468. The number of para-hydroxylation sites is 1. The number of aromatic nitrogens is 2. The van der Waals surface area contributed by atoms with Crippen LogP contribution in [0.2, 0.25) is 0 Å². The van der Waals surface area contributed by atoms with E-state index in [0.717, 1.165) is 23.0 Å². The molecule has 0 atom stereocenters. The Morgan fingerprint density at radius 2 is 2.19 bits per heavy atom. The van der Waals surface area contributed by atoms with E-state index < -0.39 is 6.09 Å². The molecule has 0 saturated carbocycles. The number of amides is 1. The number of rotatable bonds is 7. The lowest BCUT2D eigenvalue weighted by Gasteiger charge is -2.02. The van der Waals surface area contributed by atoms with Gasteiger partial charge in [-0.25, -0.2) is 9.78 Å². The minimum absolute atomic E-state index is 0.287. The average molecular weight is 293 g/mol. The van der Waals surface area contributed by atoms with Gasteiger partial charge in [0.15, 0.2) is 0 Å². The molecule has 0 aliphatic heterocycles. The van der Waals surface area contributed by atoms with Crippen LogP contribution in [0, 0.1) is 0 Å². The van der Waals surface area contributed by atoms with Crippen molar-refractivity contribution in [2.75, 3.05) is 25.1 Å². The van der Waals surface area contributed by atoms with Gasteiger partial charge in [0.05, 0.1) is 24.2 Å². The predicted molar refractivity (Wildman–Crippen MR) is 78.0 cm³/mol. The lowest BCUT2D eigenvalue weighted by Crippen LogP contribution is -2.14. The highest BCUT2D eigenvalue weighted by Gasteiger charge is 2.10. The lowest BCUT2D eigenvalue weighted by molar-refractivity contribution is -0.230. The SMILES string of the molecule is CCOCCc1cccc2[nH]c(NC(=O)OOCC)nc12. The first kappa shape index (κ1) is 15.3. The first-order valence-corrected chi connectivity index (χ1v) is 6.90. The minimum Gasteiger partial charge on any atom is -0.381 e. The maximum atomic E-state index is 11.4. The van der Waals surface area contributed by atoms with Crippen molar-refractivity contribution in [3.05, 3.63) is 23.8 Å². The molecule has 7 nitrogen and oxygen atoms in total. The number of aromatic amines is 1. The molecule has 0 unspecified atom stereocenters. The molecule has 114 valence electrons. The van der Waals surface area contributed by atoms with Crippen LogP contribution in [0.25, 0.3) is 11.0 Å². The van der Waals surface area contributed by atoms with E-state index in [2.05, 4.69) is 25.1 Å². The van der Waals surface area contributed by atoms with Crippen molar-refractivity contribution >= 4 is 23.1 Å². The fraction of sp³-hybridized carbons (Fsp3) is 0.429. The smallest absolute Gasteiger partial charge is 0.381 e. The van der Waals surface area contributed by atoms with Crippen LogP contribution in [0.4, 0.5) is 10.7 Å². The number of imidazole rings is 1. The predicted octanol–water partition coefficient (Wildman–Crippen LogP) is 2.64. The summed E-state index contributed by atoms with van der Waals surface area (Å²) in [5, 5.41) is 2.48. The maximum absolute atomic E-state index is 11.4. The number of carbonyl (C=O) groups is 1. The van der Waals surface area contributed by atoms with Crippen molar-refractivity contribution in [3.63, 3.8) is 0 Å². The molecule has 21 heavy (non-hydrogen) atoms. The number of benzene rings is 1. The van der Waals surface area contributed by atoms with Gasteiger partial charge in [0, 0.05) is 6.61 Å². The summed E-state index contributed by atoms with van der Waals surface area (Å²) in [6.45, 7) is 5.29. The summed E-state index contributed by atoms with van der Waals surface area (Å²) in [5.74, 6) is 0.318. The molecule has 2 aromatic rings. The molecule has 2 N–H and O–H groups in total. The van der Waals surface area contributed by atoms with Gasteiger partial charge < -0.3 is 9.72 Å². The van der Waals surface area contributed by atoms with E-state index in [-0.39, 0.29) is 6.61 Å². The quantitative estimate of drug-likeness (QED) is 0.465. The Bertz CT molecular complexity index is 597. The van der Waals surface area contributed by atoms with Crippen molar-refractivity contribution in [2.24, 2.45) is 0 Å². The number of hydrogen-bond donors (Lipinski definition) is 2. The second kappa shape index (κ2) is 7.61. The normalized spacial score (nSPS) is 10.8. The Labute approximate surface area is 122 Å². The first-order valence-electron chi connectivity index (χ1n) is 6.90. The Hall–Kier alpha value is -2.12. The van der Waals surface area contributed by atoms with Crippen molar-refractivity contribution < 1.29 is 19.3 Å². The summed E-state index contributed by atoms with van der Waals surface area (Å²) in [4.78, 5) is 27.8. The van der Waals surface area contributed by atoms with E-state index >= 15 is 0 Å². The molecule has 1 heterocycles. The van der Waals surface area contributed by atoms with Crippen molar-refractivity contribution in [1.82, 2.24) is 9.97 Å². The number of nitrogens with zero attached hydrogens (tertiary/aromatic N) is 1. The van der Waals surface area contributed by atoms with E-state index in [1.54, 1.807) is 6.92 Å². The van der Waals surface area contributed by atoms with E-state index in [4.69, 9.17) is 4.74 Å². The maximum Gasteiger partial charge on any atom is 0.445 e. The third-order valence-electron chi connectivity index (χ3n) is 2.79. The van der Waals surface area contributed by atoms with Gasteiger partial charge in [0.1, 0.15) is 0 Å². The second-order valence-electron chi connectivity index (χ2n) is 4.25. The van der Waals surface area contributed by atoms with Crippen LogP contribution in [0.1, 0.15) is 19.4 Å². The number of carbonyl (C=O) groups excluding carboxylic acids is 1. The molecule has 0 aliphatic carbocycles. The Morgan fingerprint density at radius 1 is 1.33 bits per heavy atom. The number of hydrogen-bond acceptors (Lipinski definition) is 5. The fourth-order valence-corrected chi connectivity index (χ4v) is 1.91. The van der Waals surface area contributed by atoms with Crippen LogP contribution < -0.4 is 5.32 Å². The second-order valence-corrected chi connectivity index (χ2v) is 4.25. The van der Waals surface area contributed by atoms with Gasteiger partial charge in [-0.3, -0.25) is 10.2 Å². The summed E-state index contributed by atoms with van der Waals surface area (Å²) >= 11 is 0. The number of H-pyrrole nitrogens is 1. The van der Waals surface area contributed by atoms with Crippen LogP contribution >= 0.6 is 0 Å². The van der Waals surface area contributed by atoms with Crippen molar-refractivity contribution in [1.29, 1.82) is 0 Å². The topological polar surface area (TPSA) is 85.5 Å². The van der Waals surface area contributed by atoms with Crippen LogP contribution in [0.5, 0.6) is 0 Å². The van der Waals surface area contributed by atoms with E-state index in [1.807, 2.05) is 25.1 Å². The van der Waals surface area contributed by atoms with Crippen molar-refractivity contribution in [3.8, 4) is 0 Å². The number of nitrogens with one attached hydrogen (secondary N) is 2. The van der Waals surface area contributed by atoms with Crippen LogP contribution in [-0.2, 0) is 20.9 Å². The molecule has 0 bridgehead atoms. The fourth-order valence-electron chi connectivity index (χ4n) is 1.91. The van der Waals surface area contributed by atoms with Gasteiger partial charge in [-0.2, -0.15) is 4.89 Å². The Morgan fingerprint density at radius 3 is 2.95 bits per heavy atom. The summed E-state index contributed by atoms with van der Waals surface area (Å²) in [7, 11) is 0. The largest absolute Gasteiger partial charge is 0.445 e. The standard InChI is InChI=1S/C14H19N3O4/c1-3-19-9-8-10-6-5-7-11-12(10)16-13(15-11)17-14(18)21-20-4-2/h5-7H,3-4,8-9H2,1-2H3,(H2,15,16,17,18). The van der Waals surface area contributed by atoms with E-state index in [1.165, 1.54) is 0 Å². The lowest BCUT2D eigenvalue weighted by atomic mass is 10.1. The molecular formula is C14H19N3O4. The molecular weight excluding hydrogens is 274 g/mol. The highest BCUT2D eigenvalue weighted by Crippen LogP contribution is 2.19. The molecule has 0 fully saturated rings. The molecule has 0 aliphatic rings. The van der Waals surface area contributed by atoms with Crippen LogP contribution in [0.15, 0.2) is 18.2 Å². The zero-order chi connectivity index (χ0) is 15.1. The van der Waals surface area contributed by atoms with Crippen LogP contribution in [-0.4, -0.2) is 35.9 Å². The number of fused-ring (bicyclic) bond motifs is 1. The molecule has 0 spiro atoms. The first-order chi connectivity index (χ1) is 10.2. The highest BCUT2D eigenvalue weighted by molar-refractivity contribution is 5.87. The Kier molecular flexibility index (Phi) is 5.53. The van der Waals surface area contributed by atoms with Gasteiger partial charge in [0.2, 0.25) is 5.95 Å². The average Bonchev–Trinajstić information content (AvgIpc) is 2.88. The zero-order valence-corrected chi connectivity index (χ0v) is 12.1. The van der Waals surface area contributed by atoms with Gasteiger partial charge in [-0.1, -0.05) is 12.1 Å². The molecule has 0 saturated heterocycles. The molecule has 1 amide bonds. The molecule has 0 radical (unpaired) electrons. The van der Waals surface area contributed by atoms with Crippen molar-refractivity contribution in [2.45, 2.75) is 20.3 Å². The zero-order valence-electron chi connectivity index (χ0n) is 12.1. The number of anilines is 1. The summed E-state index contributed by atoms with van der Waals surface area (Å²) in [5.41, 5.74) is 2.71. The summed E-state index contributed by atoms with van der Waals surface area (Å²) in [6, 6.07) is 5.82. The van der Waals surface area contributed by atoms with Gasteiger partial charge in [-0.05, 0) is 31.9 Å². The molecule has 1 aromatic carbocycles. The third kappa shape index (κ3) is 4.17. The minimum atomic E-state index is -0.716. The van der Waals surface area contributed by atoms with E-state index in [9.17, 15) is 4.79 Å². The molecule has 2 rings (SSSR count). The van der Waals surface area contributed by atoms with Gasteiger partial charge in [-0.15, -0.1) is 0 Å². The Balaban J connectivity index is 2.09. The number of ether oxygens (including phenoxy) is 1. The molecule has 7 heteroatoms. The summed E-state index contributed by atoms with van der Waals surface area (Å²) < 4.78 is 5.36. The van der Waals surface area contributed by atoms with Gasteiger partial charge in [0.25, 0.3) is 0 Å². The van der Waals surface area contributed by atoms with Crippen LogP contribution in [0.3, 0.4) is 0 Å². The highest BCUT2D eigenvalue weighted by atomic mass is 17.2. The third-order valence-corrected chi connectivity index (χ3v) is 2.79. The van der Waals surface area contributed by atoms with Gasteiger partial charge >= 0.3 is 6.09 Å². The monoisotopic (exact) mass is 293 g/mol. The van der Waals surface area contributed by atoms with E-state index in [0.29, 0.717) is 19.2 Å².